The first-order valence-corrected chi connectivity index (χ1v) is 6.05. The molecule has 1 aromatic rings. The number of aromatic nitrogens is 1. The van der Waals surface area contributed by atoms with Crippen molar-refractivity contribution in [3.63, 3.8) is 0 Å². The highest BCUT2D eigenvalue weighted by Gasteiger charge is 2.25. The van der Waals surface area contributed by atoms with Crippen molar-refractivity contribution < 1.29 is 4.79 Å². The molecule has 2 rings (SSSR count). The van der Waals surface area contributed by atoms with Crippen LogP contribution >= 0.6 is 0 Å². The lowest BCUT2D eigenvalue weighted by molar-refractivity contribution is 0.169. The summed E-state index contributed by atoms with van der Waals surface area (Å²) in [5.41, 5.74) is 2.03. The summed E-state index contributed by atoms with van der Waals surface area (Å²) < 4.78 is 0. The summed E-state index contributed by atoms with van der Waals surface area (Å²) in [6.07, 6.45) is 3.46. The first-order chi connectivity index (χ1) is 8.06. The van der Waals surface area contributed by atoms with E-state index in [1.807, 2.05) is 33.0 Å². The molecular formula is C13H19N3O. The van der Waals surface area contributed by atoms with Crippen molar-refractivity contribution in [2.75, 3.05) is 12.4 Å². The zero-order valence-corrected chi connectivity index (χ0v) is 10.7. The Balaban J connectivity index is 2.01. The first kappa shape index (κ1) is 11.9. The lowest BCUT2D eigenvalue weighted by atomic mass is 9.92. The Morgan fingerprint density at radius 2 is 2.12 bits per heavy atom. The summed E-state index contributed by atoms with van der Waals surface area (Å²) in [5.74, 6) is 0.638. The molecule has 0 spiro atoms. The molecule has 1 fully saturated rings. The molecule has 1 aromatic heterocycles. The van der Waals surface area contributed by atoms with Gasteiger partial charge in [0.2, 0.25) is 0 Å². The molecule has 17 heavy (non-hydrogen) atoms. The van der Waals surface area contributed by atoms with Crippen molar-refractivity contribution in [3.8, 4) is 0 Å². The van der Waals surface area contributed by atoms with Crippen LogP contribution < -0.4 is 5.32 Å². The van der Waals surface area contributed by atoms with E-state index in [0.29, 0.717) is 11.9 Å². The fourth-order valence-corrected chi connectivity index (χ4v) is 2.04. The summed E-state index contributed by atoms with van der Waals surface area (Å²) in [6.45, 7) is 3.93. The number of nitrogens with zero attached hydrogens (tertiary/aromatic N) is 2. The molecule has 1 N–H and O–H groups in total. The number of urea groups is 1. The summed E-state index contributed by atoms with van der Waals surface area (Å²) in [7, 11) is 1.85. The van der Waals surface area contributed by atoms with Crippen LogP contribution in [0, 0.1) is 13.8 Å². The number of pyridine rings is 1. The van der Waals surface area contributed by atoms with E-state index < -0.39 is 0 Å². The predicted molar refractivity (Wildman–Crippen MR) is 68.1 cm³/mol. The number of hydrogen-bond acceptors (Lipinski definition) is 2. The first-order valence-electron chi connectivity index (χ1n) is 6.05. The molecule has 2 amide bonds. The molecule has 0 bridgehead atoms. The predicted octanol–water partition coefficient (Wildman–Crippen LogP) is 2.71. The van der Waals surface area contributed by atoms with Gasteiger partial charge >= 0.3 is 6.03 Å². The fraction of sp³-hybridized carbons (Fsp3) is 0.538. The molecule has 1 aliphatic rings. The number of anilines is 1. The maximum Gasteiger partial charge on any atom is 0.322 e. The van der Waals surface area contributed by atoms with Crippen molar-refractivity contribution in [1.82, 2.24) is 9.88 Å². The van der Waals surface area contributed by atoms with E-state index in [4.69, 9.17) is 0 Å². The average molecular weight is 233 g/mol. The van der Waals surface area contributed by atoms with Crippen LogP contribution in [0.2, 0.25) is 0 Å². The molecule has 92 valence electrons. The largest absolute Gasteiger partial charge is 0.325 e. The Morgan fingerprint density at radius 1 is 1.41 bits per heavy atom. The molecule has 0 saturated heterocycles. The minimum atomic E-state index is -0.0628. The van der Waals surface area contributed by atoms with Crippen LogP contribution in [-0.2, 0) is 0 Å². The molecule has 0 aromatic carbocycles. The van der Waals surface area contributed by atoms with Crippen LogP contribution in [0.1, 0.15) is 30.5 Å². The van der Waals surface area contributed by atoms with Gasteiger partial charge in [-0.05, 0) is 50.8 Å². The van der Waals surface area contributed by atoms with Crippen molar-refractivity contribution in [2.24, 2.45) is 0 Å². The van der Waals surface area contributed by atoms with Gasteiger partial charge in [0.15, 0.2) is 0 Å². The third-order valence-electron chi connectivity index (χ3n) is 3.28. The van der Waals surface area contributed by atoms with E-state index in [-0.39, 0.29) is 6.03 Å². The fourth-order valence-electron chi connectivity index (χ4n) is 2.04. The highest BCUT2D eigenvalue weighted by molar-refractivity contribution is 5.88. The van der Waals surface area contributed by atoms with E-state index in [2.05, 4.69) is 10.3 Å². The Bertz CT molecular complexity index is 406. The van der Waals surface area contributed by atoms with Gasteiger partial charge in [-0.3, -0.25) is 5.32 Å². The van der Waals surface area contributed by atoms with Crippen LogP contribution in [0.15, 0.2) is 12.1 Å². The van der Waals surface area contributed by atoms with Gasteiger partial charge < -0.3 is 4.90 Å². The molecule has 0 atom stereocenters. The Labute approximate surface area is 102 Å². The summed E-state index contributed by atoms with van der Waals surface area (Å²) >= 11 is 0. The second-order valence-corrected chi connectivity index (χ2v) is 4.80. The zero-order valence-electron chi connectivity index (χ0n) is 10.7. The molecule has 0 unspecified atom stereocenters. The van der Waals surface area contributed by atoms with Crippen LogP contribution in [0.4, 0.5) is 10.6 Å². The van der Waals surface area contributed by atoms with Crippen LogP contribution in [0.3, 0.4) is 0 Å². The second-order valence-electron chi connectivity index (χ2n) is 4.80. The summed E-state index contributed by atoms with van der Waals surface area (Å²) in [5, 5.41) is 2.85. The van der Waals surface area contributed by atoms with Crippen LogP contribution in [0.5, 0.6) is 0 Å². The number of amides is 2. The van der Waals surface area contributed by atoms with Gasteiger partial charge in [-0.15, -0.1) is 0 Å². The zero-order chi connectivity index (χ0) is 12.4. The molecular weight excluding hydrogens is 214 g/mol. The van der Waals surface area contributed by atoms with Crippen LogP contribution in [0.25, 0.3) is 0 Å². The van der Waals surface area contributed by atoms with Gasteiger partial charge in [0, 0.05) is 18.8 Å². The molecule has 1 heterocycles. The second kappa shape index (κ2) is 4.73. The third kappa shape index (κ3) is 2.75. The normalized spacial score (nSPS) is 15.2. The van der Waals surface area contributed by atoms with Crippen LogP contribution in [-0.4, -0.2) is 29.0 Å². The van der Waals surface area contributed by atoms with E-state index in [1.54, 1.807) is 4.90 Å². The molecule has 0 aliphatic heterocycles. The van der Waals surface area contributed by atoms with E-state index in [0.717, 1.165) is 24.1 Å². The lowest BCUT2D eigenvalue weighted by Gasteiger charge is -2.34. The number of hydrogen-bond donors (Lipinski definition) is 1. The molecule has 0 radical (unpaired) electrons. The van der Waals surface area contributed by atoms with Crippen molar-refractivity contribution in [1.29, 1.82) is 0 Å². The summed E-state index contributed by atoms with van der Waals surface area (Å²) in [6, 6.07) is 4.22. The number of carbonyl (C=O) groups excluding carboxylic acids is 1. The van der Waals surface area contributed by atoms with Gasteiger partial charge in [0.25, 0.3) is 0 Å². The van der Waals surface area contributed by atoms with Crippen molar-refractivity contribution in [2.45, 2.75) is 39.2 Å². The van der Waals surface area contributed by atoms with Gasteiger partial charge in [0.1, 0.15) is 5.82 Å². The van der Waals surface area contributed by atoms with Crippen molar-refractivity contribution in [3.05, 3.63) is 23.4 Å². The Morgan fingerprint density at radius 3 is 2.65 bits per heavy atom. The van der Waals surface area contributed by atoms with E-state index in [1.165, 1.54) is 6.42 Å². The van der Waals surface area contributed by atoms with Gasteiger partial charge in [-0.25, -0.2) is 9.78 Å². The highest BCUT2D eigenvalue weighted by atomic mass is 16.2. The molecule has 1 aliphatic carbocycles. The minimum Gasteiger partial charge on any atom is -0.325 e. The van der Waals surface area contributed by atoms with Gasteiger partial charge in [-0.1, -0.05) is 0 Å². The van der Waals surface area contributed by atoms with Gasteiger partial charge in [-0.2, -0.15) is 0 Å². The monoisotopic (exact) mass is 233 g/mol. The van der Waals surface area contributed by atoms with Gasteiger partial charge in [0.05, 0.1) is 0 Å². The SMILES string of the molecule is Cc1cc(C)nc(NC(=O)N(C)C2CCC2)c1. The van der Waals surface area contributed by atoms with Crippen molar-refractivity contribution >= 4 is 11.8 Å². The topological polar surface area (TPSA) is 45.2 Å². The highest BCUT2D eigenvalue weighted by Crippen LogP contribution is 2.24. The van der Waals surface area contributed by atoms with E-state index in [9.17, 15) is 4.79 Å². The minimum absolute atomic E-state index is 0.0628. The number of nitrogens with one attached hydrogen (secondary N) is 1. The number of aryl methyl sites for hydroxylation is 2. The Kier molecular flexibility index (Phi) is 3.31. The number of rotatable bonds is 2. The molecule has 1 saturated carbocycles. The quantitative estimate of drug-likeness (QED) is 0.853. The number of carbonyl (C=O) groups is 1. The maximum atomic E-state index is 11.9. The third-order valence-corrected chi connectivity index (χ3v) is 3.28. The average Bonchev–Trinajstić information content (AvgIpc) is 2.12. The smallest absolute Gasteiger partial charge is 0.322 e. The van der Waals surface area contributed by atoms with E-state index >= 15 is 0 Å². The Hall–Kier alpha value is -1.58. The summed E-state index contributed by atoms with van der Waals surface area (Å²) in [4.78, 5) is 18.0. The maximum absolute atomic E-state index is 11.9. The molecule has 4 heteroatoms. The standard InChI is InChI=1S/C13H19N3O/c1-9-7-10(2)14-12(8-9)15-13(17)16(3)11-5-4-6-11/h7-8,11H,4-6H2,1-3H3,(H,14,15,17). The lowest BCUT2D eigenvalue weighted by Crippen LogP contribution is -2.43. The molecule has 4 nitrogen and oxygen atoms in total.